The van der Waals surface area contributed by atoms with E-state index in [4.69, 9.17) is 30.4 Å². The van der Waals surface area contributed by atoms with Crippen molar-refractivity contribution in [1.82, 2.24) is 0 Å². The van der Waals surface area contributed by atoms with Crippen LogP contribution in [0.5, 0.6) is 11.5 Å². The monoisotopic (exact) mass is 971 g/mol. The summed E-state index contributed by atoms with van der Waals surface area (Å²) in [7, 11) is 0. The quantitative estimate of drug-likeness (QED) is 0.0116. The standard InChI is InChI=1S/C59H74N2O10/c1-3-5-7-37-68-51-32-19-46(20-33-51)56(64)70-53-28-14-42(15-29-53)13-27-50(62)41-58(39-44-9-23-48(60)24-10-44,40-45-11-25-49(61)26-12-45)59(66,67)55(63)36-18-43-16-30-54(31-17-43)71-57(65)47-21-34-52(35-22-47)69-38-8-6-4-2/h9-18,23-31,36,46-47,51-52,66-67H,3-8,19-22,32-35,37-41,60-61H2,1-2H3. The first-order valence-electron chi connectivity index (χ1n) is 25.7. The van der Waals surface area contributed by atoms with Crippen molar-refractivity contribution in [2.24, 2.45) is 17.3 Å². The van der Waals surface area contributed by atoms with Crippen LogP contribution in [0.4, 0.5) is 11.4 Å². The minimum atomic E-state index is -3.07. The van der Waals surface area contributed by atoms with Crippen LogP contribution >= 0.6 is 0 Å². The molecule has 0 heterocycles. The smallest absolute Gasteiger partial charge is 0.314 e. The average molecular weight is 971 g/mol. The minimum Gasteiger partial charge on any atom is -0.426 e. The first-order valence-corrected chi connectivity index (χ1v) is 25.7. The molecule has 6 rings (SSSR count). The molecule has 0 aromatic heterocycles. The van der Waals surface area contributed by atoms with Crippen molar-refractivity contribution in [2.45, 2.75) is 141 Å². The number of benzene rings is 4. The summed E-state index contributed by atoms with van der Waals surface area (Å²) in [6, 6.07) is 27.0. The zero-order valence-electron chi connectivity index (χ0n) is 41.6. The summed E-state index contributed by atoms with van der Waals surface area (Å²) < 4.78 is 23.5. The normalized spacial score (nSPS) is 18.6. The van der Waals surface area contributed by atoms with Crippen molar-refractivity contribution >= 4 is 47.0 Å². The Kier molecular flexibility index (Phi) is 20.7. The number of unbranched alkanes of at least 4 members (excludes halogenated alkanes) is 4. The fourth-order valence-electron chi connectivity index (χ4n) is 9.57. The van der Waals surface area contributed by atoms with E-state index in [0.717, 1.165) is 83.5 Å². The second kappa shape index (κ2) is 27.1. The van der Waals surface area contributed by atoms with Crippen LogP contribution in [0.15, 0.2) is 109 Å². The third kappa shape index (κ3) is 16.6. The molecule has 2 saturated carbocycles. The number of hydrogen-bond acceptors (Lipinski definition) is 12. The van der Waals surface area contributed by atoms with E-state index in [1.54, 1.807) is 103 Å². The van der Waals surface area contributed by atoms with Crippen LogP contribution in [0.2, 0.25) is 0 Å². The number of allylic oxidation sites excluding steroid dienone is 1. The lowest BCUT2D eigenvalue weighted by atomic mass is 9.65. The molecule has 71 heavy (non-hydrogen) atoms. The fourth-order valence-corrected chi connectivity index (χ4v) is 9.57. The number of esters is 2. The van der Waals surface area contributed by atoms with Gasteiger partial charge in [0, 0.05) is 36.4 Å². The molecule has 0 amide bonds. The van der Waals surface area contributed by atoms with E-state index in [1.807, 2.05) is 0 Å². The molecular formula is C59H74N2O10. The van der Waals surface area contributed by atoms with Crippen molar-refractivity contribution in [3.63, 3.8) is 0 Å². The average Bonchev–Trinajstić information content (AvgIpc) is 3.37. The van der Waals surface area contributed by atoms with Crippen molar-refractivity contribution in [3.05, 3.63) is 131 Å². The molecular weight excluding hydrogens is 897 g/mol. The summed E-state index contributed by atoms with van der Waals surface area (Å²) in [5, 5.41) is 24.5. The molecule has 4 aromatic rings. The summed E-state index contributed by atoms with van der Waals surface area (Å²) in [5.74, 6) is -4.77. The summed E-state index contributed by atoms with van der Waals surface area (Å²) in [4.78, 5) is 54.5. The molecule has 0 unspecified atom stereocenters. The van der Waals surface area contributed by atoms with Gasteiger partial charge in [0.15, 0.2) is 5.78 Å². The van der Waals surface area contributed by atoms with Gasteiger partial charge in [-0.25, -0.2) is 0 Å². The van der Waals surface area contributed by atoms with Gasteiger partial charge in [0.25, 0.3) is 0 Å². The molecule has 0 radical (unpaired) electrons. The predicted octanol–water partition coefficient (Wildman–Crippen LogP) is 10.6. The van der Waals surface area contributed by atoms with Gasteiger partial charge in [0.2, 0.25) is 11.6 Å². The number of nitrogens with two attached hydrogens (primary N) is 2. The van der Waals surface area contributed by atoms with Gasteiger partial charge in [-0.2, -0.15) is 0 Å². The van der Waals surface area contributed by atoms with Gasteiger partial charge in [0.05, 0.1) is 24.0 Å². The van der Waals surface area contributed by atoms with Gasteiger partial charge in [-0.05, 0) is 160 Å². The molecule has 0 bridgehead atoms. The second-order valence-electron chi connectivity index (χ2n) is 19.5. The topological polar surface area (TPSA) is 198 Å². The molecule has 12 heteroatoms. The van der Waals surface area contributed by atoms with Crippen molar-refractivity contribution < 1.29 is 48.3 Å². The SMILES string of the molecule is CCCCCOC1CCC(C(=O)Oc2ccc(C=CC(=O)CC(Cc3ccc(N)cc3)(Cc3ccc(N)cc3)C(O)(O)C(=O)C=Cc3ccc(OC(=O)C4CCC(OCCCCC)CC4)cc3)cc2)CC1. The van der Waals surface area contributed by atoms with E-state index >= 15 is 0 Å². The molecule has 12 nitrogen and oxygen atoms in total. The van der Waals surface area contributed by atoms with Crippen LogP contribution in [-0.2, 0) is 41.5 Å². The summed E-state index contributed by atoms with van der Waals surface area (Å²) in [6.07, 6.45) is 18.1. The Morgan fingerprint density at radius 3 is 1.34 bits per heavy atom. The van der Waals surface area contributed by atoms with Crippen LogP contribution in [0.3, 0.4) is 0 Å². The lowest BCUT2D eigenvalue weighted by Gasteiger charge is -2.42. The van der Waals surface area contributed by atoms with E-state index in [1.165, 1.54) is 12.2 Å². The van der Waals surface area contributed by atoms with Crippen LogP contribution in [0.25, 0.3) is 12.2 Å². The maximum absolute atomic E-state index is 14.2. The number of carbonyl (C=O) groups is 4. The van der Waals surface area contributed by atoms with Gasteiger partial charge in [-0.1, -0.05) is 100 Å². The predicted molar refractivity (Wildman–Crippen MR) is 278 cm³/mol. The Morgan fingerprint density at radius 2 is 0.944 bits per heavy atom. The van der Waals surface area contributed by atoms with Crippen LogP contribution < -0.4 is 20.9 Å². The fraction of sp³-hybridized carbons (Fsp3) is 0.458. The van der Waals surface area contributed by atoms with Gasteiger partial charge in [-0.3, -0.25) is 19.2 Å². The maximum Gasteiger partial charge on any atom is 0.314 e. The zero-order chi connectivity index (χ0) is 50.6. The molecule has 0 saturated heterocycles. The van der Waals surface area contributed by atoms with Crippen molar-refractivity contribution in [1.29, 1.82) is 0 Å². The van der Waals surface area contributed by atoms with Crippen molar-refractivity contribution in [2.75, 3.05) is 24.7 Å². The molecule has 0 spiro atoms. The number of ketones is 2. The Hall–Kier alpha value is -5.92. The number of hydrogen-bond donors (Lipinski definition) is 4. The number of rotatable bonds is 26. The number of aliphatic hydroxyl groups is 2. The van der Waals surface area contributed by atoms with E-state index in [9.17, 15) is 29.4 Å². The molecule has 0 aliphatic heterocycles. The van der Waals surface area contributed by atoms with E-state index < -0.39 is 29.2 Å². The Morgan fingerprint density at radius 1 is 0.549 bits per heavy atom. The van der Waals surface area contributed by atoms with E-state index in [-0.39, 0.29) is 48.8 Å². The lowest BCUT2D eigenvalue weighted by Crippen LogP contribution is -2.57. The summed E-state index contributed by atoms with van der Waals surface area (Å²) >= 11 is 0. The molecule has 2 aliphatic carbocycles. The molecule has 4 aromatic carbocycles. The molecule has 2 fully saturated rings. The highest BCUT2D eigenvalue weighted by Gasteiger charge is 2.54. The van der Waals surface area contributed by atoms with Crippen LogP contribution in [0.1, 0.15) is 132 Å². The first-order chi connectivity index (χ1) is 34.2. The van der Waals surface area contributed by atoms with Gasteiger partial charge < -0.3 is 40.6 Å². The second-order valence-corrected chi connectivity index (χ2v) is 19.5. The Bertz CT molecular complexity index is 2310. The number of anilines is 2. The summed E-state index contributed by atoms with van der Waals surface area (Å²) in [6.45, 7) is 5.84. The van der Waals surface area contributed by atoms with Gasteiger partial charge >= 0.3 is 11.9 Å². The van der Waals surface area contributed by atoms with Gasteiger partial charge in [-0.15, -0.1) is 0 Å². The van der Waals surface area contributed by atoms with E-state index in [2.05, 4.69) is 13.8 Å². The molecule has 2 aliphatic rings. The Balaban J connectivity index is 1.13. The number of carbonyl (C=O) groups excluding carboxylic acids is 4. The molecule has 0 atom stereocenters. The molecule has 6 N–H and O–H groups in total. The number of ether oxygens (including phenoxy) is 4. The zero-order valence-corrected chi connectivity index (χ0v) is 41.6. The molecule has 380 valence electrons. The van der Waals surface area contributed by atoms with Crippen LogP contribution in [0, 0.1) is 17.3 Å². The minimum absolute atomic E-state index is 0.0921. The Labute approximate surface area is 419 Å². The van der Waals surface area contributed by atoms with E-state index in [0.29, 0.717) is 70.8 Å². The first kappa shape index (κ1) is 54.4. The third-order valence-electron chi connectivity index (χ3n) is 13.9. The third-order valence-corrected chi connectivity index (χ3v) is 13.9. The highest BCUT2D eigenvalue weighted by molar-refractivity contribution is 6.01. The maximum atomic E-state index is 14.2. The largest absolute Gasteiger partial charge is 0.426 e. The van der Waals surface area contributed by atoms with Gasteiger partial charge in [0.1, 0.15) is 11.5 Å². The lowest BCUT2D eigenvalue weighted by molar-refractivity contribution is -0.230. The van der Waals surface area contributed by atoms with Crippen molar-refractivity contribution in [3.8, 4) is 11.5 Å². The highest BCUT2D eigenvalue weighted by atomic mass is 16.5. The summed E-state index contributed by atoms with van der Waals surface area (Å²) in [5.41, 5.74) is 13.7. The highest BCUT2D eigenvalue weighted by Crippen LogP contribution is 2.43. The van der Waals surface area contributed by atoms with Crippen LogP contribution in [-0.4, -0.2) is 64.9 Å². The number of nitrogen functional groups attached to an aromatic ring is 2.